The molecule has 1 aliphatic heterocycles. The molecule has 2 heteroatoms. The number of allylic oxidation sites excluding steroid dienone is 1. The summed E-state index contributed by atoms with van der Waals surface area (Å²) in [5.41, 5.74) is -0.284. The zero-order valence-corrected chi connectivity index (χ0v) is 9.29. The first kappa shape index (κ1) is 9.59. The lowest BCUT2D eigenvalue weighted by atomic mass is 9.61. The fourth-order valence-electron chi connectivity index (χ4n) is 4.17. The molecular formula is C13H18O2. The highest BCUT2D eigenvalue weighted by molar-refractivity contribution is 5.93. The predicted octanol–water partition coefficient (Wildman–Crippen LogP) is 2.48. The minimum absolute atomic E-state index is 0.0920. The van der Waals surface area contributed by atoms with Crippen molar-refractivity contribution in [2.75, 3.05) is 0 Å². The third-order valence-corrected chi connectivity index (χ3v) is 4.92. The highest BCUT2D eigenvalue weighted by atomic mass is 16.6. The van der Waals surface area contributed by atoms with E-state index in [1.54, 1.807) is 0 Å². The Morgan fingerprint density at radius 1 is 1.67 bits per heavy atom. The second kappa shape index (κ2) is 2.73. The van der Waals surface area contributed by atoms with Crippen molar-refractivity contribution in [3.63, 3.8) is 0 Å². The van der Waals surface area contributed by atoms with E-state index in [1.807, 2.05) is 6.08 Å². The third-order valence-electron chi connectivity index (χ3n) is 4.92. The molecule has 1 spiro atoms. The van der Waals surface area contributed by atoms with Gasteiger partial charge in [-0.15, -0.1) is 6.58 Å². The first-order valence-electron chi connectivity index (χ1n) is 5.99. The molecule has 0 aromatic rings. The van der Waals surface area contributed by atoms with Gasteiger partial charge in [0.1, 0.15) is 0 Å². The van der Waals surface area contributed by atoms with Gasteiger partial charge in [0.2, 0.25) is 0 Å². The summed E-state index contributed by atoms with van der Waals surface area (Å²) in [6.07, 6.45) is 7.12. The predicted molar refractivity (Wildman–Crippen MR) is 57.5 cm³/mol. The summed E-state index contributed by atoms with van der Waals surface area (Å²) < 4.78 is 5.79. The Kier molecular flexibility index (Phi) is 1.75. The molecule has 2 saturated carbocycles. The number of ether oxygens (including phenoxy) is 1. The number of ketones is 1. The van der Waals surface area contributed by atoms with E-state index in [4.69, 9.17) is 4.74 Å². The topological polar surface area (TPSA) is 29.6 Å². The summed E-state index contributed by atoms with van der Waals surface area (Å²) in [5, 5.41) is 0. The van der Waals surface area contributed by atoms with Crippen LogP contribution < -0.4 is 0 Å². The second-order valence-electron chi connectivity index (χ2n) is 5.40. The molecular weight excluding hydrogens is 188 g/mol. The Balaban J connectivity index is 2.05. The van der Waals surface area contributed by atoms with Crippen LogP contribution in [0.25, 0.3) is 0 Å². The Morgan fingerprint density at radius 3 is 3.20 bits per heavy atom. The molecule has 2 nitrogen and oxygen atoms in total. The van der Waals surface area contributed by atoms with Gasteiger partial charge in [-0.2, -0.15) is 0 Å². The maximum atomic E-state index is 12.1. The monoisotopic (exact) mass is 206 g/mol. The van der Waals surface area contributed by atoms with Crippen molar-refractivity contribution in [3.05, 3.63) is 12.7 Å². The Hall–Kier alpha value is -0.630. The average molecular weight is 206 g/mol. The summed E-state index contributed by atoms with van der Waals surface area (Å²) in [4.78, 5) is 12.1. The van der Waals surface area contributed by atoms with Crippen LogP contribution in [0.2, 0.25) is 0 Å². The van der Waals surface area contributed by atoms with Gasteiger partial charge >= 0.3 is 0 Å². The molecule has 3 rings (SSSR count). The average Bonchev–Trinajstić information content (AvgIpc) is 2.84. The van der Waals surface area contributed by atoms with Gasteiger partial charge in [0.25, 0.3) is 0 Å². The number of carbonyl (C=O) groups is 1. The number of hydrogen-bond acceptors (Lipinski definition) is 2. The van der Waals surface area contributed by atoms with E-state index in [0.29, 0.717) is 11.7 Å². The fourth-order valence-corrected chi connectivity index (χ4v) is 4.17. The fraction of sp³-hybridized carbons (Fsp3) is 0.769. The standard InChI is InChI=1S/C13H18O2/c1-3-6-12-7-4-5-10(14)13(12)11(15-13)8-9(12)2/h3,9,11H,1,4-8H2,2H3/t9-,11+,12+,13+/m0/s1. The minimum Gasteiger partial charge on any atom is -0.357 e. The summed E-state index contributed by atoms with van der Waals surface area (Å²) in [7, 11) is 0. The lowest BCUT2D eigenvalue weighted by Gasteiger charge is -2.42. The summed E-state index contributed by atoms with van der Waals surface area (Å²) >= 11 is 0. The molecule has 82 valence electrons. The first-order valence-corrected chi connectivity index (χ1v) is 5.99. The molecule has 15 heavy (non-hydrogen) atoms. The van der Waals surface area contributed by atoms with Crippen molar-refractivity contribution in [1.82, 2.24) is 0 Å². The molecule has 2 aliphatic carbocycles. The van der Waals surface area contributed by atoms with E-state index in [-0.39, 0.29) is 17.1 Å². The van der Waals surface area contributed by atoms with Crippen LogP contribution in [0.15, 0.2) is 12.7 Å². The largest absolute Gasteiger partial charge is 0.357 e. The van der Waals surface area contributed by atoms with Crippen LogP contribution >= 0.6 is 0 Å². The van der Waals surface area contributed by atoms with E-state index in [9.17, 15) is 4.79 Å². The molecule has 0 radical (unpaired) electrons. The summed E-state index contributed by atoms with van der Waals surface area (Å²) in [5.74, 6) is 0.975. The van der Waals surface area contributed by atoms with Crippen LogP contribution in [-0.4, -0.2) is 17.5 Å². The van der Waals surface area contributed by atoms with Crippen molar-refractivity contribution in [2.24, 2.45) is 11.3 Å². The van der Waals surface area contributed by atoms with Gasteiger partial charge in [-0.25, -0.2) is 0 Å². The van der Waals surface area contributed by atoms with Crippen LogP contribution in [0.3, 0.4) is 0 Å². The molecule has 0 unspecified atom stereocenters. The molecule has 1 heterocycles. The van der Waals surface area contributed by atoms with Crippen LogP contribution in [-0.2, 0) is 9.53 Å². The Morgan fingerprint density at radius 2 is 2.47 bits per heavy atom. The number of hydrogen-bond donors (Lipinski definition) is 0. The van der Waals surface area contributed by atoms with Crippen LogP contribution in [0.5, 0.6) is 0 Å². The lowest BCUT2D eigenvalue weighted by Crippen LogP contribution is -2.48. The van der Waals surface area contributed by atoms with E-state index in [1.165, 1.54) is 0 Å². The molecule has 0 aromatic carbocycles. The van der Waals surface area contributed by atoms with Crippen molar-refractivity contribution in [3.8, 4) is 0 Å². The van der Waals surface area contributed by atoms with Crippen molar-refractivity contribution < 1.29 is 9.53 Å². The number of rotatable bonds is 2. The second-order valence-corrected chi connectivity index (χ2v) is 5.40. The van der Waals surface area contributed by atoms with E-state index in [2.05, 4.69) is 13.5 Å². The van der Waals surface area contributed by atoms with Gasteiger partial charge in [0, 0.05) is 11.8 Å². The molecule has 0 aromatic heterocycles. The van der Waals surface area contributed by atoms with Gasteiger partial charge in [-0.05, 0) is 31.6 Å². The maximum Gasteiger partial charge on any atom is 0.167 e. The van der Waals surface area contributed by atoms with Gasteiger partial charge in [0.05, 0.1) is 6.10 Å². The molecule has 0 bridgehead atoms. The third kappa shape index (κ3) is 0.878. The van der Waals surface area contributed by atoms with Crippen molar-refractivity contribution >= 4 is 5.78 Å². The summed E-state index contributed by atoms with van der Waals surface area (Å²) in [6, 6.07) is 0. The normalized spacial score (nSPS) is 52.2. The van der Waals surface area contributed by atoms with E-state index < -0.39 is 0 Å². The molecule has 4 atom stereocenters. The van der Waals surface area contributed by atoms with Gasteiger partial charge < -0.3 is 4.74 Å². The highest BCUT2D eigenvalue weighted by Gasteiger charge is 2.78. The van der Waals surface area contributed by atoms with Gasteiger partial charge in [-0.1, -0.05) is 13.0 Å². The van der Waals surface area contributed by atoms with E-state index in [0.717, 1.165) is 32.1 Å². The molecule has 3 fully saturated rings. The van der Waals surface area contributed by atoms with Gasteiger partial charge in [-0.3, -0.25) is 4.79 Å². The Bertz CT molecular complexity index is 335. The molecule has 3 aliphatic rings. The first-order chi connectivity index (χ1) is 7.17. The smallest absolute Gasteiger partial charge is 0.167 e. The van der Waals surface area contributed by atoms with Crippen LogP contribution in [0.1, 0.15) is 39.0 Å². The van der Waals surface area contributed by atoms with Crippen molar-refractivity contribution in [2.45, 2.75) is 50.7 Å². The van der Waals surface area contributed by atoms with E-state index >= 15 is 0 Å². The quantitative estimate of drug-likeness (QED) is 0.513. The van der Waals surface area contributed by atoms with Crippen LogP contribution in [0.4, 0.5) is 0 Å². The highest BCUT2D eigenvalue weighted by Crippen LogP contribution is 2.69. The Labute approximate surface area is 90.7 Å². The zero-order valence-electron chi connectivity index (χ0n) is 9.29. The molecule has 0 N–H and O–H groups in total. The van der Waals surface area contributed by atoms with Gasteiger partial charge in [0.15, 0.2) is 11.4 Å². The van der Waals surface area contributed by atoms with Crippen LogP contribution in [0, 0.1) is 11.3 Å². The number of Topliss-reactive ketones (excluding diaryl/α,β-unsaturated/α-hetero) is 1. The zero-order chi connectivity index (χ0) is 10.7. The molecule has 0 amide bonds. The summed E-state index contributed by atoms with van der Waals surface area (Å²) in [6.45, 7) is 6.13. The minimum atomic E-state index is -0.376. The van der Waals surface area contributed by atoms with Crippen molar-refractivity contribution in [1.29, 1.82) is 0 Å². The SMILES string of the molecule is C=CC[C@]12CCCC(=O)[C@]13O[C@@H]3C[C@@H]2C. The molecule has 1 saturated heterocycles. The lowest BCUT2D eigenvalue weighted by molar-refractivity contribution is -0.135. The number of epoxide rings is 1. The maximum absolute atomic E-state index is 12.1. The number of carbonyl (C=O) groups excluding carboxylic acids is 1.